The van der Waals surface area contributed by atoms with Crippen LogP contribution in [-0.4, -0.2) is 33.9 Å². The van der Waals surface area contributed by atoms with Gasteiger partial charge in [-0.25, -0.2) is 21.9 Å². The minimum Gasteiger partial charge on any atom is -0.266 e. The highest BCUT2D eigenvalue weighted by Crippen LogP contribution is 2.39. The van der Waals surface area contributed by atoms with Gasteiger partial charge in [-0.15, -0.1) is 10.2 Å². The number of aromatic nitrogens is 4. The van der Waals surface area contributed by atoms with Crippen molar-refractivity contribution in [1.82, 2.24) is 24.7 Å². The van der Waals surface area contributed by atoms with Crippen molar-refractivity contribution in [3.05, 3.63) is 22.2 Å². The molecule has 3 aromatic rings. The van der Waals surface area contributed by atoms with Crippen LogP contribution < -0.4 is 4.72 Å². The Morgan fingerprint density at radius 3 is 2.63 bits per heavy atom. The summed E-state index contributed by atoms with van der Waals surface area (Å²) in [4.78, 5) is -0.0130. The van der Waals surface area contributed by atoms with Crippen LogP contribution in [0.25, 0.3) is 21.6 Å². The van der Waals surface area contributed by atoms with Crippen LogP contribution in [0.2, 0.25) is 5.02 Å². The monoisotopic (exact) mass is 433 g/mol. The van der Waals surface area contributed by atoms with Gasteiger partial charge in [0, 0.05) is 18.0 Å². The van der Waals surface area contributed by atoms with Crippen LogP contribution in [0.5, 0.6) is 0 Å². The lowest BCUT2D eigenvalue weighted by Crippen LogP contribution is -2.34. The molecule has 2 aromatic heterocycles. The molecule has 0 unspecified atom stereocenters. The Hall–Kier alpha value is -1.69. The fourth-order valence-corrected chi connectivity index (χ4v) is 5.36. The van der Waals surface area contributed by atoms with Gasteiger partial charge in [-0.05, 0) is 31.9 Å². The van der Waals surface area contributed by atoms with Gasteiger partial charge in [0.05, 0.1) is 15.4 Å². The number of nitrogens with one attached hydrogen (secondary N) is 1. The number of benzene rings is 1. The van der Waals surface area contributed by atoms with Crippen molar-refractivity contribution in [3.63, 3.8) is 0 Å². The van der Waals surface area contributed by atoms with E-state index in [0.29, 0.717) is 22.2 Å². The lowest BCUT2D eigenvalue weighted by Gasteiger charge is -2.12. The molecule has 1 N–H and O–H groups in total. The molecule has 0 radical (unpaired) electrons. The number of alkyl halides is 2. The molecular formula is C15H14ClF2N5O2S2. The Morgan fingerprint density at radius 1 is 1.33 bits per heavy atom. The average molecular weight is 434 g/mol. The first-order valence-electron chi connectivity index (χ1n) is 7.92. The lowest BCUT2D eigenvalue weighted by molar-refractivity contribution is 0.150. The van der Waals surface area contributed by atoms with Gasteiger partial charge < -0.3 is 0 Å². The van der Waals surface area contributed by atoms with Crippen LogP contribution in [0.3, 0.4) is 0 Å². The summed E-state index contributed by atoms with van der Waals surface area (Å²) in [6.07, 6.45) is -1.21. The van der Waals surface area contributed by atoms with Crippen molar-refractivity contribution >= 4 is 43.9 Å². The SMILES string of the molecule is Cn1nc(-c2nnc(C(F)F)s2)c2cc(S(=O)(=O)NC3(C)CC3)cc(Cl)c21. The number of hydrogen-bond donors (Lipinski definition) is 1. The number of aryl methyl sites for hydroxylation is 1. The third-order valence-electron chi connectivity index (χ3n) is 4.39. The van der Waals surface area contributed by atoms with Crippen molar-refractivity contribution < 1.29 is 17.2 Å². The second kappa shape index (κ2) is 6.16. The summed E-state index contributed by atoms with van der Waals surface area (Å²) < 4.78 is 55.2. The van der Waals surface area contributed by atoms with Crippen molar-refractivity contribution in [2.45, 2.75) is 36.6 Å². The van der Waals surface area contributed by atoms with Crippen molar-refractivity contribution in [2.24, 2.45) is 7.05 Å². The largest absolute Gasteiger partial charge is 0.291 e. The predicted molar refractivity (Wildman–Crippen MR) is 97.5 cm³/mol. The summed E-state index contributed by atoms with van der Waals surface area (Å²) in [6, 6.07) is 2.79. The second-order valence-electron chi connectivity index (χ2n) is 6.69. The van der Waals surface area contributed by atoms with Crippen LogP contribution in [0.4, 0.5) is 8.78 Å². The highest BCUT2D eigenvalue weighted by atomic mass is 35.5. The molecule has 1 saturated carbocycles. The Morgan fingerprint density at radius 2 is 2.04 bits per heavy atom. The molecule has 4 rings (SSSR count). The first-order chi connectivity index (χ1) is 12.6. The zero-order valence-electron chi connectivity index (χ0n) is 14.2. The zero-order chi connectivity index (χ0) is 19.6. The molecular weight excluding hydrogens is 420 g/mol. The minimum absolute atomic E-state index is 0.0130. The van der Waals surface area contributed by atoms with Gasteiger partial charge in [0.1, 0.15) is 5.69 Å². The van der Waals surface area contributed by atoms with Gasteiger partial charge in [-0.3, -0.25) is 4.68 Å². The van der Waals surface area contributed by atoms with Gasteiger partial charge in [0.15, 0.2) is 10.0 Å². The molecule has 1 fully saturated rings. The van der Waals surface area contributed by atoms with E-state index >= 15 is 0 Å². The number of fused-ring (bicyclic) bond motifs is 1. The minimum atomic E-state index is -3.79. The second-order valence-corrected chi connectivity index (χ2v) is 9.78. The first-order valence-corrected chi connectivity index (χ1v) is 10.6. The van der Waals surface area contributed by atoms with Crippen LogP contribution in [0.15, 0.2) is 17.0 Å². The highest BCUT2D eigenvalue weighted by molar-refractivity contribution is 7.89. The van der Waals surface area contributed by atoms with E-state index < -0.39 is 27.0 Å². The maximum Gasteiger partial charge on any atom is 0.291 e. The molecule has 1 aromatic carbocycles. The summed E-state index contributed by atoms with van der Waals surface area (Å²) in [5, 5.41) is 11.9. The molecule has 0 atom stereocenters. The van der Waals surface area contributed by atoms with Crippen molar-refractivity contribution in [1.29, 1.82) is 0 Å². The maximum absolute atomic E-state index is 12.8. The Balaban J connectivity index is 1.87. The van der Waals surface area contributed by atoms with Gasteiger partial charge >= 0.3 is 0 Å². The van der Waals surface area contributed by atoms with E-state index in [1.165, 1.54) is 16.8 Å². The molecule has 0 saturated heterocycles. The zero-order valence-corrected chi connectivity index (χ0v) is 16.6. The molecule has 7 nitrogen and oxygen atoms in total. The fourth-order valence-electron chi connectivity index (χ4n) is 2.74. The van der Waals surface area contributed by atoms with Gasteiger partial charge in [0.2, 0.25) is 10.0 Å². The molecule has 0 spiro atoms. The summed E-state index contributed by atoms with van der Waals surface area (Å²) in [5.74, 6) is 0. The van der Waals surface area contributed by atoms with E-state index in [0.717, 1.165) is 12.8 Å². The Bertz CT molecular complexity index is 1150. The smallest absolute Gasteiger partial charge is 0.266 e. The number of sulfonamides is 1. The Labute approximate surface area is 162 Å². The summed E-state index contributed by atoms with van der Waals surface area (Å²) in [7, 11) is -2.16. The number of rotatable bonds is 5. The van der Waals surface area contributed by atoms with E-state index in [2.05, 4.69) is 20.0 Å². The number of halogens is 3. The first kappa shape index (κ1) is 18.7. The molecule has 12 heteroatoms. The third-order valence-corrected chi connectivity index (χ3v) is 7.23. The summed E-state index contributed by atoms with van der Waals surface area (Å²) in [6.45, 7) is 1.83. The third kappa shape index (κ3) is 3.33. The number of nitrogens with zero attached hydrogens (tertiary/aromatic N) is 4. The van der Waals surface area contributed by atoms with E-state index in [4.69, 9.17) is 11.6 Å². The molecule has 1 aliphatic carbocycles. The molecule has 0 aliphatic heterocycles. The topological polar surface area (TPSA) is 89.8 Å². The van der Waals surface area contributed by atoms with E-state index in [1.807, 2.05) is 6.92 Å². The summed E-state index contributed by atoms with van der Waals surface area (Å²) in [5.41, 5.74) is 0.300. The van der Waals surface area contributed by atoms with Crippen molar-refractivity contribution in [3.8, 4) is 10.7 Å². The fraction of sp³-hybridized carbons (Fsp3) is 0.400. The van der Waals surface area contributed by atoms with Crippen LogP contribution in [0.1, 0.15) is 31.2 Å². The van der Waals surface area contributed by atoms with Crippen LogP contribution in [-0.2, 0) is 17.1 Å². The van der Waals surface area contributed by atoms with E-state index in [-0.39, 0.29) is 20.6 Å². The predicted octanol–water partition coefficient (Wildman–Crippen LogP) is 3.51. The normalized spacial score (nSPS) is 16.4. The van der Waals surface area contributed by atoms with Crippen molar-refractivity contribution in [2.75, 3.05) is 0 Å². The maximum atomic E-state index is 12.8. The average Bonchev–Trinajstić information content (AvgIpc) is 2.99. The van der Waals surface area contributed by atoms with Gasteiger partial charge in [-0.1, -0.05) is 22.9 Å². The molecule has 2 heterocycles. The van der Waals surface area contributed by atoms with Crippen LogP contribution >= 0.6 is 22.9 Å². The highest BCUT2D eigenvalue weighted by Gasteiger charge is 2.41. The van der Waals surface area contributed by atoms with E-state index in [1.54, 1.807) is 7.05 Å². The van der Waals surface area contributed by atoms with Gasteiger partial charge in [-0.2, -0.15) is 5.10 Å². The quantitative estimate of drug-likeness (QED) is 0.665. The lowest BCUT2D eigenvalue weighted by atomic mass is 10.2. The van der Waals surface area contributed by atoms with E-state index in [9.17, 15) is 17.2 Å². The van der Waals surface area contributed by atoms with Gasteiger partial charge in [0.25, 0.3) is 6.43 Å². The standard InChI is InChI=1S/C15H14ClF2N5O2S2/c1-15(3-4-15)22-27(24,25)7-5-8-10(13-19-20-14(26-13)12(17)18)21-23(2)11(8)9(16)6-7/h5-6,12,22H,3-4H2,1-2H3. The molecule has 144 valence electrons. The molecule has 27 heavy (non-hydrogen) atoms. The summed E-state index contributed by atoms with van der Waals surface area (Å²) >= 11 is 7.02. The molecule has 1 aliphatic rings. The van der Waals surface area contributed by atoms with Crippen LogP contribution in [0, 0.1) is 0 Å². The number of hydrogen-bond acceptors (Lipinski definition) is 6. The molecule has 0 bridgehead atoms. The molecule has 0 amide bonds. The Kier molecular flexibility index (Phi) is 4.26.